The average Bonchev–Trinajstić information content (AvgIpc) is 3.29. The number of aryl methyl sites for hydroxylation is 1. The lowest BCUT2D eigenvalue weighted by Crippen LogP contribution is -2.31. The number of carbonyl (C=O) groups excluding carboxylic acids is 1. The number of aromatic nitrogens is 2. The number of nitrogens with zero attached hydrogens (tertiary/aromatic N) is 3. The predicted molar refractivity (Wildman–Crippen MR) is 139 cm³/mol. The summed E-state index contributed by atoms with van der Waals surface area (Å²) in [6, 6.07) is 13.3. The van der Waals surface area contributed by atoms with E-state index in [9.17, 15) is 4.79 Å². The van der Waals surface area contributed by atoms with Crippen molar-refractivity contribution in [3.05, 3.63) is 81.4 Å². The fraction of sp³-hybridized carbons (Fsp3) is 0.320. The van der Waals surface area contributed by atoms with Gasteiger partial charge in [-0.2, -0.15) is 0 Å². The molecule has 0 saturated carbocycles. The Labute approximate surface area is 214 Å². The molecule has 0 spiro atoms. The first-order valence-electron chi connectivity index (χ1n) is 11.0. The van der Waals surface area contributed by atoms with Gasteiger partial charge in [0.1, 0.15) is 0 Å². The molecule has 1 aromatic carbocycles. The van der Waals surface area contributed by atoms with E-state index in [0.717, 1.165) is 28.3 Å². The van der Waals surface area contributed by atoms with Crippen molar-refractivity contribution in [3.63, 3.8) is 0 Å². The van der Waals surface area contributed by atoms with Gasteiger partial charge >= 0.3 is 5.97 Å². The molecule has 2 aromatic heterocycles. The van der Waals surface area contributed by atoms with Crippen molar-refractivity contribution >= 4 is 46.5 Å². The number of halogens is 2. The monoisotopic (exact) mass is 516 g/mol. The van der Waals surface area contributed by atoms with E-state index in [1.165, 1.54) is 7.11 Å². The molecule has 0 amide bonds. The number of methoxy groups -OCH3 is 1. The Hall–Kier alpha value is -2.61. The Morgan fingerprint density at radius 3 is 2.68 bits per heavy atom. The van der Waals surface area contributed by atoms with Gasteiger partial charge in [0.05, 0.1) is 35.6 Å². The molecule has 34 heavy (non-hydrogen) atoms. The Kier molecular flexibility index (Phi) is 7.45. The Morgan fingerprint density at radius 1 is 1.21 bits per heavy atom. The van der Waals surface area contributed by atoms with Gasteiger partial charge in [-0.05, 0) is 74.4 Å². The smallest absolute Gasteiger partial charge is 0.305 e. The molecule has 0 unspecified atom stereocenters. The van der Waals surface area contributed by atoms with Crippen LogP contribution in [0.25, 0.3) is 5.69 Å². The quantitative estimate of drug-likeness (QED) is 0.320. The van der Waals surface area contributed by atoms with Crippen molar-refractivity contribution in [3.8, 4) is 5.69 Å². The molecule has 1 saturated heterocycles. The van der Waals surface area contributed by atoms with Crippen molar-refractivity contribution in [2.45, 2.75) is 38.8 Å². The lowest BCUT2D eigenvalue weighted by molar-refractivity contribution is -0.140. The van der Waals surface area contributed by atoms with Crippen molar-refractivity contribution in [2.24, 2.45) is 0 Å². The van der Waals surface area contributed by atoms with Gasteiger partial charge in [0.15, 0.2) is 5.11 Å². The summed E-state index contributed by atoms with van der Waals surface area (Å²) in [4.78, 5) is 18.4. The van der Waals surface area contributed by atoms with E-state index >= 15 is 0 Å². The summed E-state index contributed by atoms with van der Waals surface area (Å²) in [5.41, 5.74) is 4.98. The van der Waals surface area contributed by atoms with Crippen LogP contribution in [0.3, 0.4) is 0 Å². The number of benzene rings is 1. The normalized spacial score (nSPS) is 17.7. The molecule has 0 bridgehead atoms. The summed E-state index contributed by atoms with van der Waals surface area (Å²) in [6.07, 6.45) is 2.74. The van der Waals surface area contributed by atoms with Crippen molar-refractivity contribution < 1.29 is 9.53 Å². The van der Waals surface area contributed by atoms with Crippen LogP contribution in [0.1, 0.15) is 47.6 Å². The summed E-state index contributed by atoms with van der Waals surface area (Å²) in [7, 11) is 1.40. The molecule has 0 aliphatic carbocycles. The number of hydrogen-bond acceptors (Lipinski definition) is 4. The number of rotatable bonds is 7. The van der Waals surface area contributed by atoms with Crippen LogP contribution in [0.15, 0.2) is 48.7 Å². The highest BCUT2D eigenvalue weighted by Gasteiger charge is 2.41. The van der Waals surface area contributed by atoms with Crippen LogP contribution in [0.4, 0.5) is 0 Å². The number of thiocarbonyl (C=S) groups is 1. The summed E-state index contributed by atoms with van der Waals surface area (Å²) < 4.78 is 6.95. The minimum atomic E-state index is -0.230. The molecular weight excluding hydrogens is 491 g/mol. The average molecular weight is 517 g/mol. The molecule has 1 aliphatic heterocycles. The van der Waals surface area contributed by atoms with Gasteiger partial charge < -0.3 is 19.5 Å². The van der Waals surface area contributed by atoms with Gasteiger partial charge in [-0.1, -0.05) is 29.3 Å². The highest BCUT2D eigenvalue weighted by Crippen LogP contribution is 2.42. The van der Waals surface area contributed by atoms with E-state index in [-0.39, 0.29) is 18.1 Å². The third kappa shape index (κ3) is 4.78. The molecule has 6 nitrogen and oxygen atoms in total. The molecule has 2 atom stereocenters. The maximum Gasteiger partial charge on any atom is 0.305 e. The second-order valence-electron chi connectivity index (χ2n) is 8.26. The zero-order chi connectivity index (χ0) is 24.4. The number of nitrogens with one attached hydrogen (secondary N) is 1. The fourth-order valence-electron chi connectivity index (χ4n) is 4.60. The lowest BCUT2D eigenvalue weighted by Gasteiger charge is -2.28. The summed E-state index contributed by atoms with van der Waals surface area (Å²) >= 11 is 18.4. The van der Waals surface area contributed by atoms with E-state index in [1.807, 2.05) is 30.3 Å². The summed E-state index contributed by atoms with van der Waals surface area (Å²) in [5, 5.41) is 5.27. The summed E-state index contributed by atoms with van der Waals surface area (Å²) in [6.45, 7) is 4.75. The first-order chi connectivity index (χ1) is 16.3. The van der Waals surface area contributed by atoms with E-state index in [1.54, 1.807) is 12.3 Å². The maximum atomic E-state index is 11.7. The van der Waals surface area contributed by atoms with Crippen LogP contribution in [0.5, 0.6) is 0 Å². The van der Waals surface area contributed by atoms with Crippen molar-refractivity contribution in [1.29, 1.82) is 0 Å². The molecule has 1 N–H and O–H groups in total. The molecule has 1 aliphatic rings. The molecule has 0 radical (unpaired) electrons. The van der Waals surface area contributed by atoms with E-state index in [4.69, 9.17) is 40.2 Å². The Morgan fingerprint density at radius 2 is 2.00 bits per heavy atom. The highest BCUT2D eigenvalue weighted by molar-refractivity contribution is 7.80. The molecule has 1 fully saturated rings. The third-order valence-corrected chi connectivity index (χ3v) is 7.04. The van der Waals surface area contributed by atoms with Gasteiger partial charge in [0, 0.05) is 35.6 Å². The van der Waals surface area contributed by atoms with Gasteiger partial charge in [-0.3, -0.25) is 9.78 Å². The van der Waals surface area contributed by atoms with Crippen LogP contribution in [-0.2, 0) is 9.53 Å². The highest BCUT2D eigenvalue weighted by atomic mass is 35.5. The molecule has 4 rings (SSSR count). The maximum absolute atomic E-state index is 11.7. The molecule has 178 valence electrons. The van der Waals surface area contributed by atoms with Gasteiger partial charge in [-0.15, -0.1) is 0 Å². The third-order valence-electron chi connectivity index (χ3n) is 6.14. The Balaban J connectivity index is 1.77. The second kappa shape index (κ2) is 10.3. The number of pyridine rings is 1. The minimum absolute atomic E-state index is 0.105. The zero-order valence-corrected chi connectivity index (χ0v) is 21.5. The number of carbonyl (C=O) groups is 1. The van der Waals surface area contributed by atoms with Crippen molar-refractivity contribution in [1.82, 2.24) is 19.8 Å². The van der Waals surface area contributed by atoms with Gasteiger partial charge in [-0.25, -0.2) is 0 Å². The zero-order valence-electron chi connectivity index (χ0n) is 19.2. The topological polar surface area (TPSA) is 59.4 Å². The van der Waals surface area contributed by atoms with Crippen LogP contribution >= 0.6 is 35.4 Å². The Bertz CT molecular complexity index is 1220. The number of esters is 1. The standard InChI is InChI=1S/C25H26Cl2N4O2S/c1-15-13-18(16(2)31(15)21-10-9-17(26)14-19(21)27)24-23(20-7-4-5-11-28-20)29-25(34)30(24)12-6-8-22(32)33-3/h4-5,7,9-11,13-14,23-24H,6,8,12H2,1-3H3,(H,29,34)/t23-,24+/m0/s1. The number of ether oxygens (including phenoxy) is 1. The SMILES string of the molecule is COC(=O)CCCN1C(=S)N[C@@H](c2ccccn2)[C@H]1c1cc(C)n(-c2ccc(Cl)cc2Cl)c1C. The van der Waals surface area contributed by atoms with E-state index < -0.39 is 0 Å². The van der Waals surface area contributed by atoms with Crippen molar-refractivity contribution in [2.75, 3.05) is 13.7 Å². The van der Waals surface area contributed by atoms with Crippen LogP contribution < -0.4 is 5.32 Å². The summed E-state index contributed by atoms with van der Waals surface area (Å²) in [5.74, 6) is -0.230. The lowest BCUT2D eigenvalue weighted by atomic mass is 9.96. The molecule has 9 heteroatoms. The first-order valence-corrected chi connectivity index (χ1v) is 12.2. The second-order valence-corrected chi connectivity index (χ2v) is 9.49. The van der Waals surface area contributed by atoms with Crippen LogP contribution in [-0.4, -0.2) is 39.2 Å². The minimum Gasteiger partial charge on any atom is -0.469 e. The first kappa shape index (κ1) is 24.5. The molecule has 3 heterocycles. The van der Waals surface area contributed by atoms with E-state index in [2.05, 4.69) is 39.7 Å². The number of hydrogen-bond donors (Lipinski definition) is 1. The fourth-order valence-corrected chi connectivity index (χ4v) is 5.43. The van der Waals surface area contributed by atoms with Crippen LogP contribution in [0, 0.1) is 13.8 Å². The van der Waals surface area contributed by atoms with Gasteiger partial charge in [0.2, 0.25) is 0 Å². The van der Waals surface area contributed by atoms with Crippen LogP contribution in [0.2, 0.25) is 10.0 Å². The predicted octanol–water partition coefficient (Wildman–Crippen LogP) is 5.72. The molecular formula is C25H26Cl2N4O2S. The van der Waals surface area contributed by atoms with Gasteiger partial charge in [0.25, 0.3) is 0 Å². The van der Waals surface area contributed by atoms with E-state index in [0.29, 0.717) is 34.5 Å². The largest absolute Gasteiger partial charge is 0.469 e. The molecule has 3 aromatic rings.